The van der Waals surface area contributed by atoms with E-state index < -0.39 is 36.2 Å². The number of fused-ring (bicyclic) bond motifs is 1. The molecule has 5 N–H and O–H groups in total. The minimum absolute atomic E-state index is 0.0514. The average Bonchev–Trinajstić information content (AvgIpc) is 2.74. The maximum atomic E-state index is 12.5. The number of hydrogen-bond donors (Lipinski definition) is 5. The second-order valence-electron chi connectivity index (χ2n) is 7.05. The van der Waals surface area contributed by atoms with Gasteiger partial charge in [0, 0.05) is 17.2 Å². The lowest BCUT2D eigenvalue weighted by Crippen LogP contribution is -2.64. The van der Waals surface area contributed by atoms with Gasteiger partial charge < -0.3 is 34.7 Å². The fourth-order valence-corrected chi connectivity index (χ4v) is 3.49. The van der Waals surface area contributed by atoms with Gasteiger partial charge in [-0.05, 0) is 12.1 Å². The summed E-state index contributed by atoms with van der Waals surface area (Å²) in [5, 5.41) is 50.5. The number of rotatable bonds is 3. The van der Waals surface area contributed by atoms with Gasteiger partial charge in [-0.1, -0.05) is 36.4 Å². The molecule has 3 aromatic rings. The number of hydrogen-bond acceptors (Lipinski definition) is 8. The van der Waals surface area contributed by atoms with Crippen LogP contribution in [0.4, 0.5) is 0 Å². The van der Waals surface area contributed by atoms with Gasteiger partial charge in [0.15, 0.2) is 11.5 Å². The molecule has 1 saturated heterocycles. The number of ether oxygens (including phenoxy) is 1. The van der Waals surface area contributed by atoms with Crippen molar-refractivity contribution in [1.29, 1.82) is 0 Å². The van der Waals surface area contributed by atoms with Crippen molar-refractivity contribution in [3.05, 3.63) is 70.4 Å². The number of carboxylic acids is 1. The summed E-state index contributed by atoms with van der Waals surface area (Å²) in [4.78, 5) is 23.8. The second kappa shape index (κ2) is 7.31. The largest absolute Gasteiger partial charge is 0.479 e. The molecule has 2 aromatic carbocycles. The Labute approximate surface area is 169 Å². The number of aliphatic carboxylic acids is 1. The summed E-state index contributed by atoms with van der Waals surface area (Å²) in [5.74, 6) is -4.04. The van der Waals surface area contributed by atoms with Crippen molar-refractivity contribution in [3.63, 3.8) is 0 Å². The molecule has 1 aliphatic heterocycles. The highest BCUT2D eigenvalue weighted by atomic mass is 16.7. The number of carbonyl (C=O) groups is 1. The van der Waals surface area contributed by atoms with E-state index in [-0.39, 0.29) is 27.7 Å². The van der Waals surface area contributed by atoms with E-state index in [0.29, 0.717) is 5.56 Å². The molecular weight excluding hydrogens is 396 g/mol. The average molecular weight is 414 g/mol. The lowest BCUT2D eigenvalue weighted by Gasteiger charge is -2.44. The highest BCUT2D eigenvalue weighted by Crippen LogP contribution is 2.37. The van der Waals surface area contributed by atoms with E-state index in [0.717, 1.165) is 0 Å². The Morgan fingerprint density at radius 3 is 2.33 bits per heavy atom. The Morgan fingerprint density at radius 2 is 1.67 bits per heavy atom. The third-order valence-electron chi connectivity index (χ3n) is 5.14. The van der Waals surface area contributed by atoms with E-state index in [1.807, 2.05) is 0 Å². The minimum atomic E-state index is -2.67. The van der Waals surface area contributed by atoms with Crippen LogP contribution in [0.15, 0.2) is 63.8 Å². The molecule has 9 nitrogen and oxygen atoms in total. The molecule has 0 spiro atoms. The van der Waals surface area contributed by atoms with Crippen LogP contribution in [-0.4, -0.2) is 55.9 Å². The predicted molar refractivity (Wildman–Crippen MR) is 102 cm³/mol. The van der Waals surface area contributed by atoms with Crippen LogP contribution in [0.2, 0.25) is 0 Å². The molecule has 30 heavy (non-hydrogen) atoms. The Kier molecular flexibility index (Phi) is 4.92. The number of carboxylic acid groups (broad SMARTS) is 1. The van der Waals surface area contributed by atoms with E-state index in [4.69, 9.17) is 9.15 Å². The lowest BCUT2D eigenvalue weighted by atomic mass is 9.88. The molecule has 156 valence electrons. The van der Waals surface area contributed by atoms with Crippen molar-refractivity contribution in [3.8, 4) is 11.3 Å². The van der Waals surface area contributed by atoms with Gasteiger partial charge in [-0.3, -0.25) is 4.79 Å². The predicted octanol–water partition coefficient (Wildman–Crippen LogP) is 0.171. The first kappa shape index (κ1) is 20.2. The number of benzene rings is 2. The van der Waals surface area contributed by atoms with Gasteiger partial charge in [0.1, 0.15) is 29.7 Å². The van der Waals surface area contributed by atoms with Crippen LogP contribution in [0.1, 0.15) is 5.56 Å². The van der Waals surface area contributed by atoms with Crippen LogP contribution in [-0.2, 0) is 15.3 Å². The number of aliphatic hydroxyl groups excluding tert-OH is 3. The molecule has 0 amide bonds. The SMILES string of the molecule is O=C(O)[C@H]1OC(O)(c2ccc3c(=O)cc(-c4ccccc4)oc3c2)[C@H](O)[C@@H](O)[C@@H]1O. The van der Waals surface area contributed by atoms with Crippen molar-refractivity contribution < 1.29 is 39.5 Å². The zero-order valence-electron chi connectivity index (χ0n) is 15.4. The first-order valence-electron chi connectivity index (χ1n) is 9.03. The molecule has 1 aliphatic rings. The zero-order valence-corrected chi connectivity index (χ0v) is 15.4. The molecule has 0 saturated carbocycles. The number of aliphatic hydroxyl groups is 4. The third-order valence-corrected chi connectivity index (χ3v) is 5.14. The quantitative estimate of drug-likeness (QED) is 0.403. The molecule has 1 unspecified atom stereocenters. The summed E-state index contributed by atoms with van der Waals surface area (Å²) in [6.07, 6.45) is -8.01. The topological polar surface area (TPSA) is 158 Å². The summed E-state index contributed by atoms with van der Waals surface area (Å²) in [7, 11) is 0. The van der Waals surface area contributed by atoms with Crippen molar-refractivity contribution >= 4 is 16.9 Å². The third kappa shape index (κ3) is 3.18. The van der Waals surface area contributed by atoms with E-state index in [2.05, 4.69) is 0 Å². The van der Waals surface area contributed by atoms with Gasteiger partial charge in [-0.15, -0.1) is 0 Å². The molecule has 2 heterocycles. The van der Waals surface area contributed by atoms with E-state index >= 15 is 0 Å². The van der Waals surface area contributed by atoms with Gasteiger partial charge in [0.25, 0.3) is 0 Å². The smallest absolute Gasteiger partial charge is 0.335 e. The maximum Gasteiger partial charge on any atom is 0.335 e. The molecular formula is C21H18O9. The Morgan fingerprint density at radius 1 is 0.967 bits per heavy atom. The Balaban J connectivity index is 1.84. The minimum Gasteiger partial charge on any atom is -0.479 e. The van der Waals surface area contributed by atoms with Crippen LogP contribution in [0.3, 0.4) is 0 Å². The molecule has 1 aromatic heterocycles. The van der Waals surface area contributed by atoms with Crippen molar-refractivity contribution in [2.45, 2.75) is 30.2 Å². The van der Waals surface area contributed by atoms with E-state index in [9.17, 15) is 35.1 Å². The molecule has 0 radical (unpaired) electrons. The van der Waals surface area contributed by atoms with Gasteiger partial charge >= 0.3 is 5.97 Å². The van der Waals surface area contributed by atoms with Gasteiger partial charge in [-0.25, -0.2) is 4.79 Å². The van der Waals surface area contributed by atoms with Crippen LogP contribution in [0.25, 0.3) is 22.3 Å². The first-order valence-corrected chi connectivity index (χ1v) is 9.03. The van der Waals surface area contributed by atoms with Crippen LogP contribution >= 0.6 is 0 Å². The summed E-state index contributed by atoms with van der Waals surface area (Å²) >= 11 is 0. The normalized spacial score (nSPS) is 29.1. The highest BCUT2D eigenvalue weighted by molar-refractivity contribution is 5.79. The summed E-state index contributed by atoms with van der Waals surface area (Å²) in [6.45, 7) is 0. The van der Waals surface area contributed by atoms with Gasteiger partial charge in [-0.2, -0.15) is 0 Å². The molecule has 5 atom stereocenters. The van der Waals surface area contributed by atoms with Crippen molar-refractivity contribution in [2.75, 3.05) is 0 Å². The van der Waals surface area contributed by atoms with Gasteiger partial charge in [0.05, 0.1) is 5.39 Å². The maximum absolute atomic E-state index is 12.5. The first-order chi connectivity index (χ1) is 14.2. The van der Waals surface area contributed by atoms with E-state index in [1.54, 1.807) is 30.3 Å². The fourth-order valence-electron chi connectivity index (χ4n) is 3.49. The van der Waals surface area contributed by atoms with Gasteiger partial charge in [0.2, 0.25) is 5.79 Å². The second-order valence-corrected chi connectivity index (χ2v) is 7.05. The molecule has 9 heteroatoms. The summed E-state index contributed by atoms with van der Waals surface area (Å²) in [6, 6.07) is 13.9. The molecule has 0 bridgehead atoms. The van der Waals surface area contributed by atoms with Crippen LogP contribution in [0, 0.1) is 0 Å². The summed E-state index contributed by atoms with van der Waals surface area (Å²) < 4.78 is 10.9. The zero-order chi connectivity index (χ0) is 21.6. The van der Waals surface area contributed by atoms with Crippen LogP contribution in [0.5, 0.6) is 0 Å². The van der Waals surface area contributed by atoms with E-state index in [1.165, 1.54) is 24.3 Å². The fraction of sp³-hybridized carbons (Fsp3) is 0.238. The highest BCUT2D eigenvalue weighted by Gasteiger charge is 2.56. The summed E-state index contributed by atoms with van der Waals surface area (Å²) in [5.41, 5.74) is 0.181. The molecule has 1 fully saturated rings. The Hall–Kier alpha value is -3.08. The molecule has 4 rings (SSSR count). The lowest BCUT2D eigenvalue weighted by molar-refractivity contribution is -0.349. The van der Waals surface area contributed by atoms with Crippen LogP contribution < -0.4 is 5.43 Å². The Bertz CT molecular complexity index is 1160. The molecule has 0 aliphatic carbocycles. The monoisotopic (exact) mass is 414 g/mol. The van der Waals surface area contributed by atoms with Crippen molar-refractivity contribution in [1.82, 2.24) is 0 Å². The van der Waals surface area contributed by atoms with Crippen molar-refractivity contribution in [2.24, 2.45) is 0 Å². The standard InChI is InChI=1S/C21H18O9/c22-13-9-14(10-4-2-1-3-5-10)29-15-8-11(6-7-12(13)15)21(28)19(25)17(24)16(23)18(30-21)20(26)27/h1-9,16-19,23-25,28H,(H,26,27)/t16-,17-,18-,19+,21?/m0/s1.